The first kappa shape index (κ1) is 28.8. The second-order valence-corrected chi connectivity index (χ2v) is 8.66. The fourth-order valence-corrected chi connectivity index (χ4v) is 4.01. The predicted molar refractivity (Wildman–Crippen MR) is 129 cm³/mol. The van der Waals surface area contributed by atoms with Gasteiger partial charge in [-0.15, -0.1) is 0 Å². The van der Waals surface area contributed by atoms with Crippen LogP contribution < -0.4 is 16.0 Å². The van der Waals surface area contributed by atoms with Crippen LogP contribution in [0.5, 0.6) is 0 Å². The van der Waals surface area contributed by atoms with Crippen molar-refractivity contribution < 1.29 is 42.2 Å². The number of fused-ring (bicyclic) bond motifs is 1. The number of H-pyrrole nitrogens is 1. The molecule has 6 N–H and O–H groups in total. The molecule has 0 bridgehead atoms. The Morgan fingerprint density at radius 3 is 2.55 bits per heavy atom. The van der Waals surface area contributed by atoms with Gasteiger partial charge in [0.1, 0.15) is 5.82 Å². The Morgan fingerprint density at radius 2 is 1.92 bits per heavy atom. The van der Waals surface area contributed by atoms with E-state index in [0.717, 1.165) is 6.54 Å². The molecule has 10 nitrogen and oxygen atoms in total. The number of aliphatic hydroxyl groups is 2. The molecular weight excluding hydrogens is 514 g/mol. The molecule has 2 aliphatic heterocycles. The first-order valence-corrected chi connectivity index (χ1v) is 11.5. The summed E-state index contributed by atoms with van der Waals surface area (Å²) in [6, 6.07) is 4.14. The Balaban J connectivity index is 0.000000505. The molecule has 3 amide bonds. The number of aromatic amines is 1. The Bertz CT molecular complexity index is 1260. The number of aromatic nitrogens is 1. The Morgan fingerprint density at radius 1 is 1.24 bits per heavy atom. The minimum atomic E-state index is -4.89. The quantitative estimate of drug-likeness (QED) is 0.191. The van der Waals surface area contributed by atoms with Gasteiger partial charge in [-0.2, -0.15) is 13.2 Å². The van der Waals surface area contributed by atoms with E-state index < -0.39 is 18.3 Å². The third-order valence-corrected chi connectivity index (χ3v) is 5.88. The SMILES string of the molecule is Cc1[nH]c(/C=C2\C(=O)Nc3ccc(F)cc32)c(C)c1C(=O)NCCN1CCNC(=O)C1.OC(O)C(F)(F)F. The van der Waals surface area contributed by atoms with E-state index >= 15 is 0 Å². The van der Waals surface area contributed by atoms with Crippen molar-refractivity contribution in [2.24, 2.45) is 0 Å². The highest BCUT2D eigenvalue weighted by atomic mass is 19.4. The van der Waals surface area contributed by atoms with Gasteiger partial charge in [-0.1, -0.05) is 0 Å². The summed E-state index contributed by atoms with van der Waals surface area (Å²) in [6.07, 6.45) is -6.45. The van der Waals surface area contributed by atoms with Gasteiger partial charge in [-0.3, -0.25) is 19.3 Å². The number of hydrogen-bond donors (Lipinski definition) is 6. The highest BCUT2D eigenvalue weighted by Crippen LogP contribution is 2.34. The van der Waals surface area contributed by atoms with Crippen molar-refractivity contribution >= 4 is 35.1 Å². The molecule has 2 aromatic rings. The molecule has 0 spiro atoms. The number of carbonyl (C=O) groups excluding carboxylic acids is 3. The molecule has 4 rings (SSSR count). The zero-order chi connectivity index (χ0) is 28.2. The fraction of sp³-hybridized carbons (Fsp3) is 0.375. The summed E-state index contributed by atoms with van der Waals surface area (Å²) in [6.45, 7) is 6.30. The molecule has 0 atom stereocenters. The standard InChI is InChI=1S/C22H24FN5O3.C2H3F3O2/c1-12-18(10-16-15-9-14(23)3-4-17(15)27-21(16)30)26-13(2)20(12)22(31)25-6-8-28-7-5-24-19(29)11-28;3-2(4,5)1(6)7/h3-4,9-10,26H,5-8,11H2,1-2H3,(H,24,29)(H,25,31)(H,27,30);1,6-7H/b16-10-;. The number of benzene rings is 1. The lowest BCUT2D eigenvalue weighted by atomic mass is 10.0. The molecule has 1 fully saturated rings. The highest BCUT2D eigenvalue weighted by molar-refractivity contribution is 6.34. The molecule has 0 radical (unpaired) electrons. The number of nitrogens with one attached hydrogen (secondary N) is 4. The van der Waals surface area contributed by atoms with Crippen LogP contribution >= 0.6 is 0 Å². The van der Waals surface area contributed by atoms with Gasteiger partial charge in [0.2, 0.25) is 5.91 Å². The zero-order valence-electron chi connectivity index (χ0n) is 20.5. The van der Waals surface area contributed by atoms with Gasteiger partial charge in [-0.25, -0.2) is 4.39 Å². The number of amides is 3. The van der Waals surface area contributed by atoms with Crippen molar-refractivity contribution in [2.45, 2.75) is 26.3 Å². The van der Waals surface area contributed by atoms with Crippen LogP contribution in [0.1, 0.15) is 32.9 Å². The van der Waals surface area contributed by atoms with E-state index in [4.69, 9.17) is 10.2 Å². The summed E-state index contributed by atoms with van der Waals surface area (Å²) in [7, 11) is 0. The second kappa shape index (κ2) is 11.8. The summed E-state index contributed by atoms with van der Waals surface area (Å²) in [5.41, 5.74) is 3.92. The predicted octanol–water partition coefficient (Wildman–Crippen LogP) is 1.28. The maximum Gasteiger partial charge on any atom is 0.439 e. The summed E-state index contributed by atoms with van der Waals surface area (Å²) >= 11 is 0. The maximum atomic E-state index is 13.7. The first-order valence-electron chi connectivity index (χ1n) is 11.5. The fourth-order valence-electron chi connectivity index (χ4n) is 4.01. The van der Waals surface area contributed by atoms with Gasteiger partial charge in [0, 0.05) is 48.8 Å². The summed E-state index contributed by atoms with van der Waals surface area (Å²) in [4.78, 5) is 41.7. The van der Waals surface area contributed by atoms with Crippen molar-refractivity contribution in [1.82, 2.24) is 20.5 Å². The highest BCUT2D eigenvalue weighted by Gasteiger charge is 2.36. The third-order valence-electron chi connectivity index (χ3n) is 5.88. The molecule has 0 aliphatic carbocycles. The number of aliphatic hydroxyl groups excluding tert-OH is 1. The Labute approximate surface area is 214 Å². The van der Waals surface area contributed by atoms with Crippen LogP contribution in [0.25, 0.3) is 11.6 Å². The molecule has 1 saturated heterocycles. The Hall–Kier alpha value is -3.75. The van der Waals surface area contributed by atoms with Gasteiger partial charge < -0.3 is 31.1 Å². The topological polar surface area (TPSA) is 147 Å². The average molecular weight is 542 g/mol. The maximum absolute atomic E-state index is 13.7. The number of piperazine rings is 1. The minimum absolute atomic E-state index is 0.00927. The molecule has 1 aromatic heterocycles. The van der Waals surface area contributed by atoms with Crippen LogP contribution in [-0.4, -0.2) is 83.0 Å². The van der Waals surface area contributed by atoms with Crippen molar-refractivity contribution in [2.75, 3.05) is 38.0 Å². The largest absolute Gasteiger partial charge is 0.439 e. The molecule has 38 heavy (non-hydrogen) atoms. The van der Waals surface area contributed by atoms with E-state index in [1.165, 1.54) is 18.2 Å². The molecule has 14 heteroatoms. The molecule has 3 heterocycles. The lowest BCUT2D eigenvalue weighted by Crippen LogP contribution is -2.49. The second-order valence-electron chi connectivity index (χ2n) is 8.66. The number of alkyl halides is 3. The van der Waals surface area contributed by atoms with Crippen LogP contribution in [0, 0.1) is 19.7 Å². The van der Waals surface area contributed by atoms with E-state index in [2.05, 4.69) is 20.9 Å². The van der Waals surface area contributed by atoms with Crippen molar-refractivity contribution in [3.63, 3.8) is 0 Å². The number of rotatable bonds is 5. The number of hydrogen-bond acceptors (Lipinski definition) is 6. The first-order chi connectivity index (χ1) is 17.8. The lowest BCUT2D eigenvalue weighted by molar-refractivity contribution is -0.275. The van der Waals surface area contributed by atoms with Crippen LogP contribution in [-0.2, 0) is 9.59 Å². The molecule has 206 valence electrons. The average Bonchev–Trinajstić information content (AvgIpc) is 3.28. The van der Waals surface area contributed by atoms with Crippen molar-refractivity contribution in [3.05, 3.63) is 52.1 Å². The van der Waals surface area contributed by atoms with E-state index in [0.29, 0.717) is 65.5 Å². The molecule has 0 saturated carbocycles. The van der Waals surface area contributed by atoms with Crippen LogP contribution in [0.2, 0.25) is 0 Å². The van der Waals surface area contributed by atoms with E-state index in [-0.39, 0.29) is 17.7 Å². The van der Waals surface area contributed by atoms with Gasteiger partial charge in [0.15, 0.2) is 0 Å². The van der Waals surface area contributed by atoms with E-state index in [1.807, 2.05) is 4.90 Å². The zero-order valence-corrected chi connectivity index (χ0v) is 20.5. The minimum Gasteiger partial charge on any atom is -0.361 e. The van der Waals surface area contributed by atoms with Gasteiger partial charge >= 0.3 is 6.18 Å². The van der Waals surface area contributed by atoms with Crippen LogP contribution in [0.4, 0.5) is 23.2 Å². The summed E-state index contributed by atoms with van der Waals surface area (Å²) in [5.74, 6) is -0.972. The molecule has 1 aromatic carbocycles. The Kier molecular flexibility index (Phi) is 8.91. The molecule has 0 unspecified atom stereocenters. The number of carbonyl (C=O) groups is 3. The normalized spacial score (nSPS) is 16.6. The summed E-state index contributed by atoms with van der Waals surface area (Å²) < 4.78 is 45.7. The van der Waals surface area contributed by atoms with Crippen molar-refractivity contribution in [3.8, 4) is 0 Å². The number of anilines is 1. The van der Waals surface area contributed by atoms with E-state index in [9.17, 15) is 31.9 Å². The summed E-state index contributed by atoms with van der Waals surface area (Å²) in [5, 5.41) is 23.0. The number of halogens is 4. The monoisotopic (exact) mass is 541 g/mol. The molecular formula is C24H27F4N5O5. The number of nitrogens with zero attached hydrogens (tertiary/aromatic N) is 1. The van der Waals surface area contributed by atoms with Crippen molar-refractivity contribution in [1.29, 1.82) is 0 Å². The van der Waals surface area contributed by atoms with Gasteiger partial charge in [0.05, 0.1) is 17.7 Å². The van der Waals surface area contributed by atoms with E-state index in [1.54, 1.807) is 19.9 Å². The van der Waals surface area contributed by atoms with Gasteiger partial charge in [-0.05, 0) is 43.7 Å². The van der Waals surface area contributed by atoms with Crippen LogP contribution in [0.3, 0.4) is 0 Å². The lowest BCUT2D eigenvalue weighted by Gasteiger charge is -2.26. The molecule has 2 aliphatic rings. The smallest absolute Gasteiger partial charge is 0.361 e. The van der Waals surface area contributed by atoms with Gasteiger partial charge in [0.25, 0.3) is 18.1 Å². The third kappa shape index (κ3) is 6.96. The van der Waals surface area contributed by atoms with Crippen LogP contribution in [0.15, 0.2) is 18.2 Å². The number of aryl methyl sites for hydroxylation is 1.